The van der Waals surface area contributed by atoms with Gasteiger partial charge < -0.3 is 10.1 Å². The minimum atomic E-state index is -0.436. The van der Waals surface area contributed by atoms with E-state index in [-0.39, 0.29) is 18.2 Å². The lowest BCUT2D eigenvalue weighted by atomic mass is 10.2. The molecule has 1 fully saturated rings. The Bertz CT molecular complexity index is 472. The number of thioether (sulfide) groups is 1. The molecule has 1 aliphatic rings. The van der Waals surface area contributed by atoms with Crippen LogP contribution >= 0.6 is 11.8 Å². The van der Waals surface area contributed by atoms with Gasteiger partial charge >= 0.3 is 5.97 Å². The van der Waals surface area contributed by atoms with E-state index in [0.29, 0.717) is 11.2 Å². The van der Waals surface area contributed by atoms with Crippen LogP contribution in [0.4, 0.5) is 0 Å². The van der Waals surface area contributed by atoms with Gasteiger partial charge in [-0.25, -0.2) is 4.68 Å². The molecular weight excluding hydrogens is 282 g/mol. The minimum Gasteiger partial charge on any atom is -0.468 e. The maximum Gasteiger partial charge on any atom is 0.327 e. The second kappa shape index (κ2) is 7.22. The maximum atomic E-state index is 11.8. The van der Waals surface area contributed by atoms with Crippen molar-refractivity contribution in [2.75, 3.05) is 12.9 Å². The Morgan fingerprint density at radius 1 is 1.45 bits per heavy atom. The molecule has 9 heteroatoms. The highest BCUT2D eigenvalue weighted by atomic mass is 32.2. The standard InChI is InChI=1S/C11H17N5O3S/c1-19-10(18)6-16-11(13-14-15-16)20-7-9(17)12-8-4-2-3-5-8/h8H,2-7H2,1H3,(H,12,17). The topological polar surface area (TPSA) is 99.0 Å². The van der Waals surface area contributed by atoms with Gasteiger partial charge in [0.15, 0.2) is 0 Å². The van der Waals surface area contributed by atoms with E-state index in [0.717, 1.165) is 12.8 Å². The summed E-state index contributed by atoms with van der Waals surface area (Å²) in [5.74, 6) is -0.234. The number of aromatic nitrogens is 4. The van der Waals surface area contributed by atoms with Crippen LogP contribution in [0.2, 0.25) is 0 Å². The fraction of sp³-hybridized carbons (Fsp3) is 0.727. The third-order valence-electron chi connectivity index (χ3n) is 3.06. The van der Waals surface area contributed by atoms with Gasteiger partial charge in [0.05, 0.1) is 12.9 Å². The highest BCUT2D eigenvalue weighted by Gasteiger charge is 2.18. The summed E-state index contributed by atoms with van der Waals surface area (Å²) in [7, 11) is 1.30. The van der Waals surface area contributed by atoms with E-state index in [1.165, 1.54) is 36.4 Å². The minimum absolute atomic E-state index is 0.0329. The van der Waals surface area contributed by atoms with Crippen molar-refractivity contribution in [3.63, 3.8) is 0 Å². The zero-order chi connectivity index (χ0) is 14.4. The smallest absolute Gasteiger partial charge is 0.327 e. The van der Waals surface area contributed by atoms with Gasteiger partial charge in [-0.2, -0.15) is 0 Å². The van der Waals surface area contributed by atoms with Gasteiger partial charge in [0, 0.05) is 6.04 Å². The first kappa shape index (κ1) is 14.8. The fourth-order valence-corrected chi connectivity index (χ4v) is 2.74. The van der Waals surface area contributed by atoms with Crippen LogP contribution in [0.3, 0.4) is 0 Å². The number of nitrogens with zero attached hydrogens (tertiary/aromatic N) is 4. The van der Waals surface area contributed by atoms with Crippen LogP contribution in [0.5, 0.6) is 0 Å². The SMILES string of the molecule is COC(=O)Cn1nnnc1SCC(=O)NC1CCCC1. The Kier molecular flexibility index (Phi) is 5.33. The molecule has 0 aliphatic heterocycles. The molecule has 0 atom stereocenters. The number of carbonyl (C=O) groups excluding carboxylic acids is 2. The number of hydrogen-bond donors (Lipinski definition) is 1. The van der Waals surface area contributed by atoms with Gasteiger partial charge in [0.25, 0.3) is 0 Å². The van der Waals surface area contributed by atoms with E-state index in [1.807, 2.05) is 0 Å². The molecule has 110 valence electrons. The van der Waals surface area contributed by atoms with E-state index >= 15 is 0 Å². The van der Waals surface area contributed by atoms with Crippen LogP contribution in [-0.2, 0) is 20.9 Å². The molecule has 0 bridgehead atoms. The highest BCUT2D eigenvalue weighted by molar-refractivity contribution is 7.99. The second-order valence-electron chi connectivity index (χ2n) is 4.53. The van der Waals surface area contributed by atoms with E-state index in [1.54, 1.807) is 0 Å². The van der Waals surface area contributed by atoms with Gasteiger partial charge in [0.2, 0.25) is 11.1 Å². The molecule has 2 rings (SSSR count). The van der Waals surface area contributed by atoms with Crippen molar-refractivity contribution < 1.29 is 14.3 Å². The lowest BCUT2D eigenvalue weighted by Gasteiger charge is -2.11. The number of hydrogen-bond acceptors (Lipinski definition) is 7. The van der Waals surface area contributed by atoms with Gasteiger partial charge in [-0.3, -0.25) is 9.59 Å². The molecule has 0 saturated heterocycles. The Morgan fingerprint density at radius 2 is 2.20 bits per heavy atom. The Hall–Kier alpha value is -1.64. The Labute approximate surface area is 120 Å². The van der Waals surface area contributed by atoms with E-state index in [2.05, 4.69) is 25.6 Å². The van der Waals surface area contributed by atoms with Crippen LogP contribution in [0.1, 0.15) is 25.7 Å². The first-order chi connectivity index (χ1) is 9.69. The first-order valence-corrected chi connectivity index (χ1v) is 7.42. The van der Waals surface area contributed by atoms with Crippen molar-refractivity contribution >= 4 is 23.6 Å². The number of amides is 1. The molecule has 1 heterocycles. The summed E-state index contributed by atoms with van der Waals surface area (Å²) in [4.78, 5) is 23.0. The van der Waals surface area contributed by atoms with Gasteiger partial charge in [-0.05, 0) is 23.3 Å². The fourth-order valence-electron chi connectivity index (χ4n) is 2.06. The average Bonchev–Trinajstić information content (AvgIpc) is 3.08. The van der Waals surface area contributed by atoms with Crippen LogP contribution < -0.4 is 5.32 Å². The predicted molar refractivity (Wildman–Crippen MR) is 71.0 cm³/mol. The first-order valence-electron chi connectivity index (χ1n) is 6.44. The molecule has 1 saturated carbocycles. The molecule has 20 heavy (non-hydrogen) atoms. The zero-order valence-corrected chi connectivity index (χ0v) is 12.1. The summed E-state index contributed by atoms with van der Waals surface area (Å²) in [5.41, 5.74) is 0. The van der Waals surface area contributed by atoms with Crippen molar-refractivity contribution in [1.29, 1.82) is 0 Å². The van der Waals surface area contributed by atoms with Crippen LogP contribution in [0.15, 0.2) is 5.16 Å². The van der Waals surface area contributed by atoms with Gasteiger partial charge in [0.1, 0.15) is 6.54 Å². The molecule has 1 N–H and O–H groups in total. The quantitative estimate of drug-likeness (QED) is 0.583. The number of nitrogens with one attached hydrogen (secondary N) is 1. The molecule has 8 nitrogen and oxygen atoms in total. The van der Waals surface area contributed by atoms with E-state index in [9.17, 15) is 9.59 Å². The number of rotatable bonds is 6. The monoisotopic (exact) mass is 299 g/mol. The number of tetrazole rings is 1. The lowest BCUT2D eigenvalue weighted by Crippen LogP contribution is -2.33. The molecule has 1 aromatic heterocycles. The maximum absolute atomic E-state index is 11.8. The number of esters is 1. The van der Waals surface area contributed by atoms with Crippen LogP contribution in [0, 0.1) is 0 Å². The average molecular weight is 299 g/mol. The van der Waals surface area contributed by atoms with Crippen molar-refractivity contribution in [1.82, 2.24) is 25.5 Å². The lowest BCUT2D eigenvalue weighted by molar-refractivity contribution is -0.141. The molecule has 0 radical (unpaired) electrons. The van der Waals surface area contributed by atoms with Crippen LogP contribution in [0.25, 0.3) is 0 Å². The van der Waals surface area contributed by atoms with E-state index < -0.39 is 5.97 Å². The van der Waals surface area contributed by atoms with E-state index in [4.69, 9.17) is 0 Å². The second-order valence-corrected chi connectivity index (χ2v) is 5.48. The molecule has 1 aromatic rings. The van der Waals surface area contributed by atoms with Crippen molar-refractivity contribution in [3.8, 4) is 0 Å². The van der Waals surface area contributed by atoms with Crippen molar-refractivity contribution in [2.45, 2.75) is 43.4 Å². The third-order valence-corrected chi connectivity index (χ3v) is 4.02. The number of carbonyl (C=O) groups is 2. The Balaban J connectivity index is 1.79. The summed E-state index contributed by atoms with van der Waals surface area (Å²) in [5, 5.41) is 14.4. The zero-order valence-electron chi connectivity index (χ0n) is 11.2. The molecule has 0 aromatic carbocycles. The van der Waals surface area contributed by atoms with Gasteiger partial charge in [-0.1, -0.05) is 24.6 Å². The molecule has 0 unspecified atom stereocenters. The third kappa shape index (κ3) is 4.19. The summed E-state index contributed by atoms with van der Waals surface area (Å²) >= 11 is 1.20. The summed E-state index contributed by atoms with van der Waals surface area (Å²) in [6.07, 6.45) is 4.46. The van der Waals surface area contributed by atoms with Crippen LogP contribution in [-0.4, -0.2) is 51.0 Å². The predicted octanol–water partition coefficient (Wildman–Crippen LogP) is -0.00300. The van der Waals surface area contributed by atoms with Crippen molar-refractivity contribution in [3.05, 3.63) is 0 Å². The largest absolute Gasteiger partial charge is 0.468 e. The summed E-state index contributed by atoms with van der Waals surface area (Å²) in [6, 6.07) is 0.300. The number of methoxy groups -OCH3 is 1. The van der Waals surface area contributed by atoms with Crippen molar-refractivity contribution in [2.24, 2.45) is 0 Å². The normalized spacial score (nSPS) is 15.2. The van der Waals surface area contributed by atoms with Gasteiger partial charge in [-0.15, -0.1) is 5.10 Å². The molecule has 0 spiro atoms. The summed E-state index contributed by atoms with van der Waals surface area (Å²) < 4.78 is 5.87. The highest BCUT2D eigenvalue weighted by Crippen LogP contribution is 2.18. The molecule has 1 aliphatic carbocycles. The Morgan fingerprint density at radius 3 is 2.90 bits per heavy atom. The number of ether oxygens (including phenoxy) is 1. The summed E-state index contributed by atoms with van der Waals surface area (Å²) in [6.45, 7) is -0.0594. The molecule has 1 amide bonds. The molecular formula is C11H17N5O3S.